The second-order valence-electron chi connectivity index (χ2n) is 30.2. The number of hydrogen-bond donors (Lipinski definition) is 0. The Kier molecular flexibility index (Phi) is 18.8. The lowest BCUT2D eigenvalue weighted by molar-refractivity contribution is 1.23. The Balaban J connectivity index is 0.000000109. The number of fused-ring (bicyclic) bond motifs is 14. The first-order valence-electron chi connectivity index (χ1n) is 40.6. The van der Waals surface area contributed by atoms with Gasteiger partial charge in [0, 0.05) is 110 Å². The minimum absolute atomic E-state index is 0.737. The van der Waals surface area contributed by atoms with E-state index >= 15 is 0 Å². The molecule has 6 heterocycles. The van der Waals surface area contributed by atoms with Crippen LogP contribution in [0, 0.1) is 0 Å². The summed E-state index contributed by atoms with van der Waals surface area (Å²) in [5.74, 6) is 1.48. The second-order valence-corrected chi connectivity index (χ2v) is 33.4. The Morgan fingerprint density at radius 1 is 0.165 bits per heavy atom. The molecule has 0 saturated heterocycles. The van der Waals surface area contributed by atoms with Gasteiger partial charge < -0.3 is 0 Å². The van der Waals surface area contributed by atoms with Gasteiger partial charge in [0.25, 0.3) is 0 Å². The fourth-order valence-electron chi connectivity index (χ4n) is 16.9. The first-order valence-corrected chi connectivity index (χ1v) is 43.1. The van der Waals surface area contributed by atoms with Crippen LogP contribution in [0.25, 0.3) is 228 Å². The van der Waals surface area contributed by atoms with Crippen molar-refractivity contribution in [3.05, 3.63) is 425 Å². The van der Waals surface area contributed by atoms with E-state index in [1.54, 1.807) is 0 Å². The third-order valence-corrected chi connectivity index (χ3v) is 26.5. The molecule has 9 heteroatoms. The minimum atomic E-state index is 0.737. The van der Waals surface area contributed by atoms with E-state index in [0.29, 0.717) is 0 Å². The van der Waals surface area contributed by atoms with Crippen LogP contribution in [-0.2, 0) is 0 Å². The number of nitrogens with zero attached hydrogens (tertiary/aromatic N) is 6. The quantitative estimate of drug-likeness (QED) is 0.120. The normalized spacial score (nSPS) is 11.5. The van der Waals surface area contributed by atoms with Crippen LogP contribution in [0.1, 0.15) is 0 Å². The van der Waals surface area contributed by atoms with Crippen molar-refractivity contribution in [1.82, 2.24) is 29.9 Å². The summed E-state index contributed by atoms with van der Waals surface area (Å²) < 4.78 is 7.97. The standard InChI is InChI=1S/2C38H24N2S.C36H22N2S/c1-3-10-27(11-4-1)36-33-24-29(22-23-34(33)39-38(40-36)28-12-5-2-6-13-28)25-18-20-26(21-19-25)30-15-9-16-32-31-14-7-8-17-35(31)41-37(30)32;1-3-10-27(11-4-1)36-33-23-22-29(24-34(33)39-38(40-36)28-12-5-2-6-13-28)25-18-20-26(21-19-25)30-15-9-16-32-31-14-7-8-17-35(31)41-37(30)32;1-2-10-25(11-3-1)35-34(37-30-22-21-23-9-4-5-12-28(23)36(30)38-35)26-19-17-24(18-20-26)27-14-8-16-32-33(27)29-13-6-7-15-31(29)39-32/h2*1-24H;1-22H. The summed E-state index contributed by atoms with van der Waals surface area (Å²) in [5.41, 5.74) is 25.8. The monoisotopic (exact) mass is 1590 g/mol. The van der Waals surface area contributed by atoms with E-state index in [-0.39, 0.29) is 0 Å². The molecule has 0 bridgehead atoms. The molecule has 0 saturated carbocycles. The fourth-order valence-corrected chi connectivity index (χ4v) is 20.5. The first-order chi connectivity index (χ1) is 60.0. The lowest BCUT2D eigenvalue weighted by Gasteiger charge is -2.13. The molecule has 24 aromatic rings. The van der Waals surface area contributed by atoms with Gasteiger partial charge in [-0.1, -0.05) is 370 Å². The van der Waals surface area contributed by atoms with Gasteiger partial charge in [0.2, 0.25) is 0 Å². The lowest BCUT2D eigenvalue weighted by Crippen LogP contribution is -1.96. The van der Waals surface area contributed by atoms with E-state index in [0.717, 1.165) is 117 Å². The molecule has 0 aliphatic rings. The van der Waals surface area contributed by atoms with Crippen LogP contribution in [0.3, 0.4) is 0 Å². The predicted molar refractivity (Wildman–Crippen MR) is 515 cm³/mol. The Labute approximate surface area is 710 Å². The molecule has 566 valence electrons. The molecule has 0 unspecified atom stereocenters. The topological polar surface area (TPSA) is 77.3 Å². The van der Waals surface area contributed by atoms with Crippen LogP contribution in [0.15, 0.2) is 425 Å². The van der Waals surface area contributed by atoms with Crippen molar-refractivity contribution in [2.45, 2.75) is 0 Å². The van der Waals surface area contributed by atoms with Gasteiger partial charge in [0.05, 0.1) is 44.8 Å². The molecule has 0 fully saturated rings. The number of benzene rings is 18. The maximum Gasteiger partial charge on any atom is 0.160 e. The number of rotatable bonds is 11. The first kappa shape index (κ1) is 72.4. The molecular weight excluding hydrogens is 1530 g/mol. The smallest absolute Gasteiger partial charge is 0.160 e. The van der Waals surface area contributed by atoms with Gasteiger partial charge in [0.1, 0.15) is 0 Å². The van der Waals surface area contributed by atoms with Crippen molar-refractivity contribution in [2.75, 3.05) is 0 Å². The molecule has 0 aliphatic carbocycles. The minimum Gasteiger partial charge on any atom is -0.244 e. The molecule has 0 spiro atoms. The van der Waals surface area contributed by atoms with E-state index < -0.39 is 0 Å². The molecule has 6 aromatic heterocycles. The van der Waals surface area contributed by atoms with Crippen molar-refractivity contribution in [1.29, 1.82) is 0 Å². The van der Waals surface area contributed by atoms with E-state index in [2.05, 4.69) is 370 Å². The molecular formula is C112H70N6S3. The number of aromatic nitrogens is 6. The van der Waals surface area contributed by atoms with Crippen molar-refractivity contribution < 1.29 is 0 Å². The Bertz CT molecular complexity index is 8030. The zero-order valence-corrected chi connectivity index (χ0v) is 67.8. The molecule has 0 radical (unpaired) electrons. The average Bonchev–Trinajstić information content (AvgIpc) is 1.72. The molecule has 24 rings (SSSR count). The summed E-state index contributed by atoms with van der Waals surface area (Å²) in [7, 11) is 0. The van der Waals surface area contributed by atoms with E-state index in [9.17, 15) is 0 Å². The molecule has 6 nitrogen and oxygen atoms in total. The van der Waals surface area contributed by atoms with Crippen molar-refractivity contribution in [2.24, 2.45) is 0 Å². The van der Waals surface area contributed by atoms with Crippen LogP contribution < -0.4 is 0 Å². The second kappa shape index (κ2) is 31.4. The van der Waals surface area contributed by atoms with E-state index in [4.69, 9.17) is 29.9 Å². The maximum atomic E-state index is 5.24. The number of hydrogen-bond acceptors (Lipinski definition) is 9. The summed E-state index contributed by atoms with van der Waals surface area (Å²) in [4.78, 5) is 30.5. The van der Waals surface area contributed by atoms with Crippen LogP contribution in [-0.4, -0.2) is 29.9 Å². The average molecular weight is 1600 g/mol. The maximum absolute atomic E-state index is 5.24. The molecule has 0 aliphatic heterocycles. The highest BCUT2D eigenvalue weighted by Gasteiger charge is 2.21. The largest absolute Gasteiger partial charge is 0.244 e. The summed E-state index contributed by atoms with van der Waals surface area (Å²) in [6, 6.07) is 150. The Morgan fingerprint density at radius 3 is 1.10 bits per heavy atom. The van der Waals surface area contributed by atoms with Crippen molar-refractivity contribution in [3.8, 4) is 123 Å². The third-order valence-electron chi connectivity index (χ3n) is 22.9. The summed E-state index contributed by atoms with van der Waals surface area (Å²) in [5, 5.41) is 12.3. The summed E-state index contributed by atoms with van der Waals surface area (Å²) in [6.07, 6.45) is 0. The molecule has 0 N–H and O–H groups in total. The van der Waals surface area contributed by atoms with Crippen molar-refractivity contribution >= 4 is 138 Å². The summed E-state index contributed by atoms with van der Waals surface area (Å²) in [6.45, 7) is 0. The van der Waals surface area contributed by atoms with Gasteiger partial charge >= 0.3 is 0 Å². The van der Waals surface area contributed by atoms with Gasteiger partial charge in [-0.15, -0.1) is 34.0 Å². The van der Waals surface area contributed by atoms with Gasteiger partial charge in [-0.3, -0.25) is 0 Å². The van der Waals surface area contributed by atoms with Crippen LogP contribution in [0.5, 0.6) is 0 Å². The molecule has 0 amide bonds. The highest BCUT2D eigenvalue weighted by molar-refractivity contribution is 7.27. The van der Waals surface area contributed by atoms with E-state index in [1.165, 1.54) is 110 Å². The zero-order valence-electron chi connectivity index (χ0n) is 65.3. The van der Waals surface area contributed by atoms with E-state index in [1.807, 2.05) is 88.6 Å². The van der Waals surface area contributed by atoms with Gasteiger partial charge in [0.15, 0.2) is 11.6 Å². The fraction of sp³-hybridized carbons (Fsp3) is 0. The third kappa shape index (κ3) is 13.8. The highest BCUT2D eigenvalue weighted by Crippen LogP contribution is 2.46. The molecule has 18 aromatic carbocycles. The predicted octanol–water partition coefficient (Wildman–Crippen LogP) is 31.5. The van der Waals surface area contributed by atoms with Crippen LogP contribution >= 0.6 is 34.0 Å². The summed E-state index contributed by atoms with van der Waals surface area (Å²) >= 11 is 5.59. The van der Waals surface area contributed by atoms with Crippen LogP contribution in [0.4, 0.5) is 0 Å². The van der Waals surface area contributed by atoms with Gasteiger partial charge in [-0.25, -0.2) is 29.9 Å². The van der Waals surface area contributed by atoms with Crippen molar-refractivity contribution in [3.63, 3.8) is 0 Å². The Hall–Kier alpha value is -15.1. The van der Waals surface area contributed by atoms with Crippen LogP contribution in [0.2, 0.25) is 0 Å². The lowest BCUT2D eigenvalue weighted by atomic mass is 9.97. The van der Waals surface area contributed by atoms with Gasteiger partial charge in [-0.05, 0) is 116 Å². The Morgan fingerprint density at radius 2 is 0.537 bits per heavy atom. The highest BCUT2D eigenvalue weighted by atomic mass is 32.1. The molecule has 121 heavy (non-hydrogen) atoms. The zero-order chi connectivity index (χ0) is 80.1. The SMILES string of the molecule is c1ccc(-c2nc(-c3ccccc3)c3cc(-c4ccc(-c5cccc6c5sc5ccccc56)cc4)ccc3n2)cc1.c1ccc(-c2nc(-c3ccccc3)c3ccc(-c4ccc(-c5cccc6c5sc5ccccc56)cc4)cc3n2)cc1.c1ccc(-c2nc3c(ccc4ccccc43)nc2-c2ccc(-c3cccc4sc5ccccc5c34)cc2)cc1. The number of thiophene rings is 3. The molecule has 0 atom stereocenters. The van der Waals surface area contributed by atoms with Gasteiger partial charge in [-0.2, -0.15) is 0 Å².